The highest BCUT2D eigenvalue weighted by Crippen LogP contribution is 2.36. The molecule has 2 rings (SSSR count). The largest absolute Gasteiger partial charge is 0.458 e. The van der Waals surface area contributed by atoms with Gasteiger partial charge >= 0.3 is 11.9 Å². The van der Waals surface area contributed by atoms with E-state index in [4.69, 9.17) is 9.47 Å². The second-order valence-electron chi connectivity index (χ2n) is 7.07. The molecule has 0 aromatic heterocycles. The molecule has 0 spiro atoms. The average Bonchev–Trinajstić information content (AvgIpc) is 2.88. The Morgan fingerprint density at radius 2 is 2.19 bits per heavy atom. The third-order valence-corrected chi connectivity index (χ3v) is 5.15. The minimum absolute atomic E-state index is 0.165. The van der Waals surface area contributed by atoms with E-state index in [2.05, 4.69) is 6.58 Å². The normalized spacial score (nSPS) is 34.7. The van der Waals surface area contributed by atoms with Crippen molar-refractivity contribution in [3.05, 3.63) is 35.5 Å². The van der Waals surface area contributed by atoms with Gasteiger partial charge in [-0.1, -0.05) is 32.1 Å². The summed E-state index contributed by atoms with van der Waals surface area (Å²) >= 11 is 0. The van der Waals surface area contributed by atoms with Crippen LogP contribution in [-0.2, 0) is 19.1 Å². The molecule has 1 aliphatic heterocycles. The quantitative estimate of drug-likeness (QED) is 0.451. The fourth-order valence-corrected chi connectivity index (χ4v) is 3.22. The van der Waals surface area contributed by atoms with E-state index in [1.54, 1.807) is 13.0 Å². The van der Waals surface area contributed by atoms with E-state index in [1.165, 1.54) is 0 Å². The van der Waals surface area contributed by atoms with Crippen molar-refractivity contribution in [2.75, 3.05) is 6.61 Å². The van der Waals surface area contributed by atoms with Gasteiger partial charge in [0.15, 0.2) is 0 Å². The molecule has 1 saturated heterocycles. The molecule has 144 valence electrons. The molecule has 26 heavy (non-hydrogen) atoms. The van der Waals surface area contributed by atoms with Crippen molar-refractivity contribution < 1.29 is 29.3 Å². The van der Waals surface area contributed by atoms with Gasteiger partial charge in [0.1, 0.15) is 18.3 Å². The van der Waals surface area contributed by atoms with Crippen LogP contribution in [0.2, 0.25) is 0 Å². The van der Waals surface area contributed by atoms with Gasteiger partial charge in [-0.25, -0.2) is 4.79 Å². The van der Waals surface area contributed by atoms with Crippen molar-refractivity contribution in [1.29, 1.82) is 0 Å². The third kappa shape index (κ3) is 4.24. The van der Waals surface area contributed by atoms with Crippen molar-refractivity contribution in [1.82, 2.24) is 0 Å². The zero-order valence-electron chi connectivity index (χ0n) is 15.6. The summed E-state index contributed by atoms with van der Waals surface area (Å²) in [5.74, 6) is -2.07. The molecule has 0 unspecified atom stereocenters. The first-order chi connectivity index (χ1) is 12.3. The highest BCUT2D eigenvalue weighted by molar-refractivity contribution is 5.91. The van der Waals surface area contributed by atoms with Crippen molar-refractivity contribution in [3.63, 3.8) is 0 Å². The standard InChI is InChI=1S/C20H28O6/c1-5-12(3)19(23)26-18-16-13(4)20(24)25-15(16)9-11(2)7-6-8-14(10-21)17(18)22/h8-9,12,15-18,21-22H,4-7,10H2,1-3H3/b11-9-,14-8-/t12-,15+,16-,17+,18-/m0/s1. The number of hydrogen-bond acceptors (Lipinski definition) is 6. The number of aliphatic hydroxyl groups excluding tert-OH is 2. The summed E-state index contributed by atoms with van der Waals surface area (Å²) in [5.41, 5.74) is 1.55. The van der Waals surface area contributed by atoms with Gasteiger partial charge in [0, 0.05) is 5.57 Å². The maximum atomic E-state index is 12.4. The summed E-state index contributed by atoms with van der Waals surface area (Å²) in [4.78, 5) is 24.5. The van der Waals surface area contributed by atoms with Crippen LogP contribution in [0.1, 0.15) is 40.0 Å². The van der Waals surface area contributed by atoms with E-state index in [0.29, 0.717) is 24.8 Å². The first-order valence-electron chi connectivity index (χ1n) is 9.05. The molecule has 0 bridgehead atoms. The van der Waals surface area contributed by atoms with E-state index < -0.39 is 36.2 Å². The van der Waals surface area contributed by atoms with Crippen LogP contribution in [0.4, 0.5) is 0 Å². The van der Waals surface area contributed by atoms with Gasteiger partial charge in [-0.2, -0.15) is 0 Å². The van der Waals surface area contributed by atoms with Gasteiger partial charge < -0.3 is 19.7 Å². The Labute approximate surface area is 154 Å². The molecule has 1 heterocycles. The summed E-state index contributed by atoms with van der Waals surface area (Å²) in [6, 6.07) is 0. The number of allylic oxidation sites excluding steroid dienone is 2. The van der Waals surface area contributed by atoms with Crippen LogP contribution in [0.15, 0.2) is 35.5 Å². The molecular formula is C20H28O6. The maximum Gasteiger partial charge on any atom is 0.334 e. The molecule has 0 radical (unpaired) electrons. The van der Waals surface area contributed by atoms with Gasteiger partial charge in [-0.3, -0.25) is 4.79 Å². The number of fused-ring (bicyclic) bond motifs is 1. The smallest absolute Gasteiger partial charge is 0.334 e. The zero-order chi connectivity index (χ0) is 19.4. The van der Waals surface area contributed by atoms with Crippen LogP contribution >= 0.6 is 0 Å². The average molecular weight is 364 g/mol. The lowest BCUT2D eigenvalue weighted by Gasteiger charge is -2.32. The predicted molar refractivity (Wildman–Crippen MR) is 96.0 cm³/mol. The van der Waals surface area contributed by atoms with Gasteiger partial charge in [0.2, 0.25) is 0 Å². The molecule has 2 N–H and O–H groups in total. The first kappa shape index (κ1) is 20.4. The topological polar surface area (TPSA) is 93.1 Å². The highest BCUT2D eigenvalue weighted by atomic mass is 16.6. The number of esters is 2. The summed E-state index contributed by atoms with van der Waals surface area (Å²) in [5, 5.41) is 20.5. The Kier molecular flexibility index (Phi) is 6.78. The van der Waals surface area contributed by atoms with Crippen LogP contribution in [0.3, 0.4) is 0 Å². The summed E-state index contributed by atoms with van der Waals surface area (Å²) in [6.45, 7) is 8.96. The molecule has 6 heteroatoms. The number of hydrogen-bond donors (Lipinski definition) is 2. The Morgan fingerprint density at radius 3 is 2.81 bits per heavy atom. The second-order valence-corrected chi connectivity index (χ2v) is 7.07. The monoisotopic (exact) mass is 364 g/mol. The third-order valence-electron chi connectivity index (χ3n) is 5.15. The SMILES string of the molecule is C=C1C(=O)O[C@@H]2/C=C(/C)CC/C=C(/CO)[C@@H](O)[C@@H](OC(=O)[C@@H](C)CC)[C@@H]12. The van der Waals surface area contributed by atoms with E-state index in [1.807, 2.05) is 19.9 Å². The van der Waals surface area contributed by atoms with Gasteiger partial charge in [0.25, 0.3) is 0 Å². The molecule has 5 atom stereocenters. The number of ether oxygens (including phenoxy) is 2. The molecule has 1 aliphatic carbocycles. The number of aliphatic hydroxyl groups is 2. The lowest BCUT2D eigenvalue weighted by Crippen LogP contribution is -2.44. The van der Waals surface area contributed by atoms with E-state index in [-0.39, 0.29) is 18.1 Å². The van der Waals surface area contributed by atoms with E-state index in [0.717, 1.165) is 5.57 Å². The lowest BCUT2D eigenvalue weighted by molar-refractivity contribution is -0.162. The Bertz CT molecular complexity index is 632. The summed E-state index contributed by atoms with van der Waals surface area (Å²) < 4.78 is 11.0. The fraction of sp³-hybridized carbons (Fsp3) is 0.600. The van der Waals surface area contributed by atoms with Gasteiger partial charge in [-0.05, 0) is 37.8 Å². The van der Waals surface area contributed by atoms with Crippen molar-refractivity contribution >= 4 is 11.9 Å². The lowest BCUT2D eigenvalue weighted by atomic mass is 9.83. The molecular weight excluding hydrogens is 336 g/mol. The second kappa shape index (κ2) is 8.64. The molecule has 0 saturated carbocycles. The predicted octanol–water partition coefficient (Wildman–Crippen LogP) is 2.06. The van der Waals surface area contributed by atoms with Crippen LogP contribution in [0.25, 0.3) is 0 Å². The minimum atomic E-state index is -1.24. The highest BCUT2D eigenvalue weighted by Gasteiger charge is 2.48. The van der Waals surface area contributed by atoms with Crippen molar-refractivity contribution in [2.24, 2.45) is 11.8 Å². The van der Waals surface area contributed by atoms with E-state index >= 15 is 0 Å². The van der Waals surface area contributed by atoms with Gasteiger partial charge in [-0.15, -0.1) is 0 Å². The van der Waals surface area contributed by atoms with Crippen molar-refractivity contribution in [3.8, 4) is 0 Å². The molecule has 0 aromatic rings. The van der Waals surface area contributed by atoms with Crippen LogP contribution in [0, 0.1) is 11.8 Å². The van der Waals surface area contributed by atoms with Crippen LogP contribution in [-0.4, -0.2) is 47.1 Å². The molecule has 1 fully saturated rings. The number of rotatable bonds is 4. The molecule has 2 aliphatic rings. The van der Waals surface area contributed by atoms with Gasteiger partial charge in [0.05, 0.1) is 18.4 Å². The zero-order valence-corrected chi connectivity index (χ0v) is 15.6. The summed E-state index contributed by atoms with van der Waals surface area (Å²) in [7, 11) is 0. The Morgan fingerprint density at radius 1 is 1.50 bits per heavy atom. The fourth-order valence-electron chi connectivity index (χ4n) is 3.22. The Hall–Kier alpha value is -1.92. The minimum Gasteiger partial charge on any atom is -0.458 e. The Balaban J connectivity index is 2.47. The molecule has 6 nitrogen and oxygen atoms in total. The van der Waals surface area contributed by atoms with Crippen LogP contribution in [0.5, 0.6) is 0 Å². The van der Waals surface area contributed by atoms with E-state index in [9.17, 15) is 19.8 Å². The number of carbonyl (C=O) groups excluding carboxylic acids is 2. The summed E-state index contributed by atoms with van der Waals surface area (Å²) in [6.07, 6.45) is 2.56. The first-order valence-corrected chi connectivity index (χ1v) is 9.05. The molecule has 0 aromatic carbocycles. The molecule has 0 amide bonds. The number of carbonyl (C=O) groups is 2. The van der Waals surface area contributed by atoms with Crippen LogP contribution < -0.4 is 0 Å². The maximum absolute atomic E-state index is 12.4. The van der Waals surface area contributed by atoms with Crippen molar-refractivity contribution in [2.45, 2.75) is 58.3 Å².